The Hall–Kier alpha value is -3.02. The second-order valence-corrected chi connectivity index (χ2v) is 6.22. The fraction of sp³-hybridized carbons (Fsp3) is 0.0625. The third-order valence-electron chi connectivity index (χ3n) is 3.53. The lowest BCUT2D eigenvalue weighted by Crippen LogP contribution is -2.04. The van der Waals surface area contributed by atoms with E-state index >= 15 is 0 Å². The number of nitrogens with two attached hydrogens (primary N) is 1. The molecule has 7 nitrogen and oxygen atoms in total. The molecule has 0 aliphatic rings. The van der Waals surface area contributed by atoms with E-state index in [1.165, 1.54) is 10.9 Å². The molecule has 1 aromatic carbocycles. The van der Waals surface area contributed by atoms with Gasteiger partial charge in [0, 0.05) is 6.20 Å². The van der Waals surface area contributed by atoms with Crippen molar-refractivity contribution in [2.24, 2.45) is 5.14 Å². The van der Waals surface area contributed by atoms with Gasteiger partial charge < -0.3 is 5.11 Å². The SMILES string of the molecule is Cc1nn(-c2ccc(S(=N)N)cn2)c(O)c1-c1ccc(C#N)cc1. The molecular weight excluding hydrogens is 324 g/mol. The van der Waals surface area contributed by atoms with E-state index in [9.17, 15) is 5.11 Å². The Bertz CT molecular complexity index is 954. The smallest absolute Gasteiger partial charge is 0.223 e. The van der Waals surface area contributed by atoms with Crippen LogP contribution < -0.4 is 5.14 Å². The Morgan fingerprint density at radius 1 is 1.25 bits per heavy atom. The summed E-state index contributed by atoms with van der Waals surface area (Å²) >= 11 is 0. The molecule has 4 N–H and O–H groups in total. The fourth-order valence-electron chi connectivity index (χ4n) is 2.35. The molecule has 8 heteroatoms. The van der Waals surface area contributed by atoms with Gasteiger partial charge in [-0.1, -0.05) is 12.1 Å². The van der Waals surface area contributed by atoms with Crippen LogP contribution in [-0.2, 0) is 10.9 Å². The second kappa shape index (κ2) is 6.23. The topological polar surface area (TPSA) is 125 Å². The summed E-state index contributed by atoms with van der Waals surface area (Å²) in [6, 6.07) is 12.3. The number of aromatic hydroxyl groups is 1. The number of aryl methyl sites for hydroxylation is 1. The molecule has 0 fully saturated rings. The Labute approximate surface area is 141 Å². The van der Waals surface area contributed by atoms with Crippen molar-refractivity contribution in [1.29, 1.82) is 10.0 Å². The molecule has 2 aromatic heterocycles. The van der Waals surface area contributed by atoms with Gasteiger partial charge in [0.1, 0.15) is 0 Å². The molecule has 0 saturated heterocycles. The average Bonchev–Trinajstić information content (AvgIpc) is 2.89. The normalized spacial score (nSPS) is 11.9. The van der Waals surface area contributed by atoms with E-state index in [2.05, 4.69) is 16.2 Å². The largest absolute Gasteiger partial charge is 0.493 e. The van der Waals surface area contributed by atoms with E-state index in [0.717, 1.165) is 5.56 Å². The van der Waals surface area contributed by atoms with Gasteiger partial charge in [-0.25, -0.2) is 4.98 Å². The molecule has 0 aliphatic carbocycles. The predicted octanol–water partition coefficient (Wildman–Crippen LogP) is 2.43. The van der Waals surface area contributed by atoms with Gasteiger partial charge in [0.15, 0.2) is 5.82 Å². The maximum absolute atomic E-state index is 10.6. The quantitative estimate of drug-likeness (QED) is 0.676. The van der Waals surface area contributed by atoms with E-state index in [-0.39, 0.29) is 5.88 Å². The summed E-state index contributed by atoms with van der Waals surface area (Å²) in [5, 5.41) is 29.3. The summed E-state index contributed by atoms with van der Waals surface area (Å²) in [5.74, 6) is 0.403. The van der Waals surface area contributed by atoms with Crippen molar-refractivity contribution in [2.45, 2.75) is 11.8 Å². The molecule has 2 heterocycles. The van der Waals surface area contributed by atoms with Gasteiger partial charge in [0.05, 0.1) is 27.8 Å². The first-order chi connectivity index (χ1) is 11.5. The lowest BCUT2D eigenvalue weighted by atomic mass is 10.0. The van der Waals surface area contributed by atoms with Gasteiger partial charge in [-0.2, -0.15) is 15.0 Å². The van der Waals surface area contributed by atoms with Gasteiger partial charge in [-0.05, 0) is 47.6 Å². The van der Waals surface area contributed by atoms with Crippen LogP contribution in [0.3, 0.4) is 0 Å². The van der Waals surface area contributed by atoms with Crippen molar-refractivity contribution in [2.75, 3.05) is 0 Å². The third kappa shape index (κ3) is 2.78. The lowest BCUT2D eigenvalue weighted by Gasteiger charge is -2.05. The zero-order chi connectivity index (χ0) is 17.3. The first kappa shape index (κ1) is 15.9. The predicted molar refractivity (Wildman–Crippen MR) is 90.4 cm³/mol. The van der Waals surface area contributed by atoms with Crippen LogP contribution in [0.25, 0.3) is 16.9 Å². The summed E-state index contributed by atoms with van der Waals surface area (Å²) in [6.07, 6.45) is 1.50. The molecule has 0 spiro atoms. The zero-order valence-electron chi connectivity index (χ0n) is 12.8. The number of hydrogen-bond acceptors (Lipinski definition) is 5. The van der Waals surface area contributed by atoms with Crippen molar-refractivity contribution >= 4 is 10.9 Å². The maximum atomic E-state index is 10.6. The molecule has 24 heavy (non-hydrogen) atoms. The van der Waals surface area contributed by atoms with Crippen LogP contribution in [0.4, 0.5) is 0 Å². The van der Waals surface area contributed by atoms with E-state index < -0.39 is 10.9 Å². The standard InChI is InChI=1S/C16H14N6OS/c1-10-15(12-4-2-11(8-17)3-5-12)16(23)22(21-10)14-7-6-13(9-20-14)24(18)19/h2-7,9,23H,1H3,(H3,18,19). The number of nitrogens with one attached hydrogen (secondary N) is 1. The molecule has 120 valence electrons. The maximum Gasteiger partial charge on any atom is 0.223 e. The van der Waals surface area contributed by atoms with Crippen LogP contribution in [-0.4, -0.2) is 19.9 Å². The van der Waals surface area contributed by atoms with Crippen LogP contribution in [0.1, 0.15) is 11.3 Å². The molecule has 0 aliphatic heterocycles. The molecule has 3 rings (SSSR count). The Balaban J connectivity index is 2.05. The van der Waals surface area contributed by atoms with Gasteiger partial charge in [-0.3, -0.25) is 9.92 Å². The number of rotatable bonds is 3. The van der Waals surface area contributed by atoms with Gasteiger partial charge in [0.25, 0.3) is 0 Å². The number of pyridine rings is 1. The summed E-state index contributed by atoms with van der Waals surface area (Å²) < 4.78 is 8.83. The van der Waals surface area contributed by atoms with Crippen LogP contribution >= 0.6 is 0 Å². The molecule has 1 unspecified atom stereocenters. The highest BCUT2D eigenvalue weighted by Crippen LogP contribution is 2.33. The molecule has 1 atom stereocenters. The van der Waals surface area contributed by atoms with Crippen molar-refractivity contribution in [3.05, 3.63) is 53.9 Å². The van der Waals surface area contributed by atoms with E-state index in [0.29, 0.717) is 27.5 Å². The molecular formula is C16H14N6OS. The second-order valence-electron chi connectivity index (χ2n) is 5.07. The minimum Gasteiger partial charge on any atom is -0.493 e. The summed E-state index contributed by atoms with van der Waals surface area (Å²) in [6.45, 7) is 1.79. The van der Waals surface area contributed by atoms with Crippen LogP contribution in [0.2, 0.25) is 0 Å². The third-order valence-corrected chi connectivity index (χ3v) is 4.28. The van der Waals surface area contributed by atoms with Gasteiger partial charge in [-0.15, -0.1) is 0 Å². The monoisotopic (exact) mass is 338 g/mol. The summed E-state index contributed by atoms with van der Waals surface area (Å²) in [7, 11) is -1.11. The highest BCUT2D eigenvalue weighted by molar-refractivity contribution is 7.83. The highest BCUT2D eigenvalue weighted by atomic mass is 32.2. The first-order valence-electron chi connectivity index (χ1n) is 6.96. The van der Waals surface area contributed by atoms with Crippen molar-refractivity contribution < 1.29 is 5.11 Å². The Kier molecular flexibility index (Phi) is 4.12. The van der Waals surface area contributed by atoms with Crippen molar-refractivity contribution in [3.8, 4) is 28.9 Å². The molecule has 0 radical (unpaired) electrons. The fourth-order valence-corrected chi connectivity index (χ4v) is 2.73. The number of aromatic nitrogens is 3. The van der Waals surface area contributed by atoms with Crippen LogP contribution in [0.5, 0.6) is 5.88 Å². The minimum atomic E-state index is -1.11. The number of nitrogens with zero attached hydrogens (tertiary/aromatic N) is 4. The minimum absolute atomic E-state index is 0.0323. The van der Waals surface area contributed by atoms with Crippen molar-refractivity contribution in [1.82, 2.24) is 14.8 Å². The molecule has 0 bridgehead atoms. The van der Waals surface area contributed by atoms with Crippen LogP contribution in [0, 0.1) is 23.0 Å². The van der Waals surface area contributed by atoms with Crippen molar-refractivity contribution in [3.63, 3.8) is 0 Å². The zero-order valence-corrected chi connectivity index (χ0v) is 13.6. The van der Waals surface area contributed by atoms with Gasteiger partial charge >= 0.3 is 0 Å². The lowest BCUT2D eigenvalue weighted by molar-refractivity contribution is 0.433. The van der Waals surface area contributed by atoms with Crippen LogP contribution in [0.15, 0.2) is 47.5 Å². The molecule has 0 amide bonds. The van der Waals surface area contributed by atoms with E-state index in [4.69, 9.17) is 15.2 Å². The Morgan fingerprint density at radius 3 is 2.50 bits per heavy atom. The number of nitriles is 1. The highest BCUT2D eigenvalue weighted by Gasteiger charge is 2.18. The van der Waals surface area contributed by atoms with E-state index in [1.807, 2.05) is 0 Å². The number of hydrogen-bond donors (Lipinski definition) is 3. The van der Waals surface area contributed by atoms with E-state index in [1.54, 1.807) is 43.3 Å². The Morgan fingerprint density at radius 2 is 1.96 bits per heavy atom. The number of benzene rings is 1. The molecule has 3 aromatic rings. The summed E-state index contributed by atoms with van der Waals surface area (Å²) in [5.41, 5.74) is 2.54. The molecule has 0 saturated carbocycles. The first-order valence-corrected chi connectivity index (χ1v) is 8.25. The van der Waals surface area contributed by atoms with Gasteiger partial charge in [0.2, 0.25) is 5.88 Å². The average molecular weight is 338 g/mol. The summed E-state index contributed by atoms with van der Waals surface area (Å²) in [4.78, 5) is 4.82.